The average Bonchev–Trinajstić information content (AvgIpc) is 3.40. The Morgan fingerprint density at radius 2 is 1.74 bits per heavy atom. The average molecular weight is 643 g/mol. The zero-order valence-corrected chi connectivity index (χ0v) is 26.0. The van der Waals surface area contributed by atoms with E-state index in [1.165, 1.54) is 17.0 Å². The summed E-state index contributed by atoms with van der Waals surface area (Å²) < 4.78 is 19.8. The van der Waals surface area contributed by atoms with E-state index in [0.29, 0.717) is 12.2 Å². The largest absolute Gasteiger partial charge is 0.504 e. The quantitative estimate of drug-likeness (QED) is 0.261. The van der Waals surface area contributed by atoms with Crippen LogP contribution in [-0.2, 0) is 25.7 Å². The molecule has 0 spiro atoms. The third kappa shape index (κ3) is 4.31. The van der Waals surface area contributed by atoms with Gasteiger partial charge in [0.15, 0.2) is 11.5 Å². The zero-order chi connectivity index (χ0) is 32.5. The van der Waals surface area contributed by atoms with E-state index in [9.17, 15) is 28.7 Å². The number of hydrogen-bond donors (Lipinski definition) is 1. The fraction of sp³-hybridized carbons (Fsp3) is 0.333. The van der Waals surface area contributed by atoms with E-state index in [-0.39, 0.29) is 53.4 Å². The molecular weight excluding hydrogens is 611 g/mol. The van der Waals surface area contributed by atoms with Gasteiger partial charge in [-0.1, -0.05) is 65.7 Å². The van der Waals surface area contributed by atoms with Crippen molar-refractivity contribution in [3.05, 3.63) is 100 Å². The standard InChI is InChI=1S/C36H32ClFN2O6/c1-3-46-28-11-7-10-23(31(28)41)30-21-13-14-22-29(34(44)39(32(22)42)18-19-8-5-4-6-9-19)24(21)17-25-33(43)40(35(45)36(25,30)2)20-12-15-27(38)26(37)16-20/h4-13,15-16,22,24-25,29-30,41H,3,14,17-18H2,1-2H3. The second kappa shape index (κ2) is 11.1. The van der Waals surface area contributed by atoms with Gasteiger partial charge in [-0.3, -0.25) is 24.1 Å². The number of carbonyl (C=O) groups is 4. The number of halogens is 2. The Labute approximate surface area is 270 Å². The molecule has 2 heterocycles. The Morgan fingerprint density at radius 1 is 0.978 bits per heavy atom. The molecule has 2 saturated heterocycles. The van der Waals surface area contributed by atoms with Crippen LogP contribution in [0.3, 0.4) is 0 Å². The van der Waals surface area contributed by atoms with Gasteiger partial charge in [0.1, 0.15) is 5.82 Å². The molecule has 2 aliphatic carbocycles. The van der Waals surface area contributed by atoms with Crippen molar-refractivity contribution in [1.29, 1.82) is 0 Å². The van der Waals surface area contributed by atoms with E-state index in [1.807, 2.05) is 36.4 Å². The van der Waals surface area contributed by atoms with Crippen LogP contribution in [0.1, 0.15) is 43.7 Å². The van der Waals surface area contributed by atoms with Gasteiger partial charge in [0, 0.05) is 11.5 Å². The predicted octanol–water partition coefficient (Wildman–Crippen LogP) is 6.01. The van der Waals surface area contributed by atoms with Crippen molar-refractivity contribution < 1.29 is 33.4 Å². The number of likely N-dealkylation sites (tertiary alicyclic amines) is 1. The maximum Gasteiger partial charge on any atom is 0.241 e. The van der Waals surface area contributed by atoms with Crippen LogP contribution in [0.5, 0.6) is 11.5 Å². The van der Waals surface area contributed by atoms with E-state index in [4.69, 9.17) is 16.3 Å². The molecule has 46 heavy (non-hydrogen) atoms. The number of hydrogen-bond acceptors (Lipinski definition) is 6. The Bertz CT molecular complexity index is 1830. The van der Waals surface area contributed by atoms with Crippen LogP contribution in [0, 0.1) is 34.9 Å². The predicted molar refractivity (Wildman–Crippen MR) is 167 cm³/mol. The third-order valence-corrected chi connectivity index (χ3v) is 10.6. The van der Waals surface area contributed by atoms with Gasteiger partial charge in [-0.25, -0.2) is 9.29 Å². The highest BCUT2D eigenvalue weighted by Crippen LogP contribution is 2.64. The molecule has 8 nitrogen and oxygen atoms in total. The van der Waals surface area contributed by atoms with Gasteiger partial charge in [-0.2, -0.15) is 0 Å². The van der Waals surface area contributed by atoms with Gasteiger partial charge in [-0.15, -0.1) is 0 Å². The van der Waals surface area contributed by atoms with Crippen molar-refractivity contribution in [2.75, 3.05) is 11.5 Å². The number of anilines is 1. The van der Waals surface area contributed by atoms with Crippen LogP contribution in [0.15, 0.2) is 78.4 Å². The number of rotatable bonds is 6. The van der Waals surface area contributed by atoms with Crippen molar-refractivity contribution in [2.24, 2.45) is 29.1 Å². The van der Waals surface area contributed by atoms with Gasteiger partial charge in [0.05, 0.1) is 47.0 Å². The van der Waals surface area contributed by atoms with Crippen LogP contribution >= 0.6 is 11.6 Å². The summed E-state index contributed by atoms with van der Waals surface area (Å²) in [7, 11) is 0. The Balaban J connectivity index is 1.36. The molecular formula is C36H32ClFN2O6. The number of para-hydroxylation sites is 1. The summed E-state index contributed by atoms with van der Waals surface area (Å²) in [6.07, 6.45) is 2.37. The molecule has 1 saturated carbocycles. The summed E-state index contributed by atoms with van der Waals surface area (Å²) in [6.45, 7) is 3.94. The smallest absolute Gasteiger partial charge is 0.241 e. The maximum absolute atomic E-state index is 14.5. The van der Waals surface area contributed by atoms with Crippen LogP contribution in [0.4, 0.5) is 10.1 Å². The minimum Gasteiger partial charge on any atom is -0.504 e. The van der Waals surface area contributed by atoms with Gasteiger partial charge >= 0.3 is 0 Å². The fourth-order valence-corrected chi connectivity index (χ4v) is 8.44. The summed E-state index contributed by atoms with van der Waals surface area (Å²) in [6, 6.07) is 18.0. The van der Waals surface area contributed by atoms with E-state index < -0.39 is 52.6 Å². The van der Waals surface area contributed by atoms with E-state index in [1.54, 1.807) is 32.0 Å². The number of aromatic hydroxyl groups is 1. The van der Waals surface area contributed by atoms with Gasteiger partial charge in [-0.05, 0) is 62.4 Å². The molecule has 7 rings (SSSR count). The molecule has 6 unspecified atom stereocenters. The normalized spacial score (nSPS) is 28.6. The highest BCUT2D eigenvalue weighted by molar-refractivity contribution is 6.31. The highest BCUT2D eigenvalue weighted by atomic mass is 35.5. The molecule has 0 aromatic heterocycles. The minimum absolute atomic E-state index is 0.138. The highest BCUT2D eigenvalue weighted by Gasteiger charge is 2.68. The molecule has 3 aromatic rings. The number of allylic oxidation sites excluding steroid dienone is 2. The van der Waals surface area contributed by atoms with Crippen molar-refractivity contribution in [3.63, 3.8) is 0 Å². The number of benzene rings is 3. The van der Waals surface area contributed by atoms with Crippen molar-refractivity contribution in [2.45, 2.75) is 39.2 Å². The minimum atomic E-state index is -1.38. The Hall–Kier alpha value is -4.50. The first-order chi connectivity index (χ1) is 22.1. The first kappa shape index (κ1) is 30.2. The number of phenolic OH excluding ortho intramolecular Hbond substituents is 1. The SMILES string of the molecule is CCOc1cccc(C2C3=CCC4C(=O)N(Cc5ccccc5)C(=O)C4C3CC3C(=O)N(c4ccc(F)c(Cl)c4)C(=O)C32C)c1O. The molecule has 4 amide bonds. The topological polar surface area (TPSA) is 104 Å². The second-order valence-corrected chi connectivity index (χ2v) is 13.0. The second-order valence-electron chi connectivity index (χ2n) is 12.6. The molecule has 3 fully saturated rings. The molecule has 6 atom stereocenters. The van der Waals surface area contributed by atoms with Crippen molar-refractivity contribution in [1.82, 2.24) is 4.90 Å². The molecule has 10 heteroatoms. The molecule has 236 valence electrons. The van der Waals surface area contributed by atoms with E-state index in [0.717, 1.165) is 22.1 Å². The molecule has 2 aliphatic heterocycles. The molecule has 4 aliphatic rings. The monoisotopic (exact) mass is 642 g/mol. The van der Waals surface area contributed by atoms with Crippen LogP contribution in [0.2, 0.25) is 5.02 Å². The van der Waals surface area contributed by atoms with Crippen molar-refractivity contribution in [3.8, 4) is 11.5 Å². The number of amides is 4. The summed E-state index contributed by atoms with van der Waals surface area (Å²) in [4.78, 5) is 59.0. The number of phenols is 1. The fourth-order valence-electron chi connectivity index (χ4n) is 8.26. The van der Waals surface area contributed by atoms with Gasteiger partial charge in [0.2, 0.25) is 23.6 Å². The summed E-state index contributed by atoms with van der Waals surface area (Å²) in [5.41, 5.74) is 0.717. The van der Waals surface area contributed by atoms with Gasteiger partial charge in [0.25, 0.3) is 0 Å². The molecule has 1 N–H and O–H groups in total. The van der Waals surface area contributed by atoms with Gasteiger partial charge < -0.3 is 9.84 Å². The first-order valence-corrected chi connectivity index (χ1v) is 15.8. The first-order valence-electron chi connectivity index (χ1n) is 15.4. The lowest BCUT2D eigenvalue weighted by atomic mass is 9.51. The number of ether oxygens (including phenoxy) is 1. The maximum atomic E-state index is 14.5. The lowest BCUT2D eigenvalue weighted by molar-refractivity contribution is -0.141. The van der Waals surface area contributed by atoms with Crippen LogP contribution in [0.25, 0.3) is 0 Å². The van der Waals surface area contributed by atoms with Crippen LogP contribution < -0.4 is 9.64 Å². The molecule has 0 bridgehead atoms. The Morgan fingerprint density at radius 3 is 2.46 bits per heavy atom. The Kier molecular flexibility index (Phi) is 7.27. The van der Waals surface area contributed by atoms with E-state index in [2.05, 4.69) is 0 Å². The zero-order valence-electron chi connectivity index (χ0n) is 25.3. The number of nitrogens with zero attached hydrogens (tertiary/aromatic N) is 2. The van der Waals surface area contributed by atoms with Crippen LogP contribution in [-0.4, -0.2) is 40.2 Å². The lowest BCUT2D eigenvalue weighted by Gasteiger charge is -2.49. The summed E-state index contributed by atoms with van der Waals surface area (Å²) in [5, 5.41) is 11.3. The third-order valence-electron chi connectivity index (χ3n) is 10.4. The summed E-state index contributed by atoms with van der Waals surface area (Å²) >= 11 is 6.08. The number of carbonyl (C=O) groups excluding carboxylic acids is 4. The number of imide groups is 2. The number of fused-ring (bicyclic) bond motifs is 4. The lowest BCUT2D eigenvalue weighted by Crippen LogP contribution is -2.48. The molecule has 3 aromatic carbocycles. The van der Waals surface area contributed by atoms with E-state index >= 15 is 0 Å². The summed E-state index contributed by atoms with van der Waals surface area (Å²) in [5.74, 6) is -5.76. The molecule has 0 radical (unpaired) electrons. The van der Waals surface area contributed by atoms with Crippen molar-refractivity contribution >= 4 is 40.9 Å².